The van der Waals surface area contributed by atoms with Gasteiger partial charge in [-0.25, -0.2) is 14.0 Å². The van der Waals surface area contributed by atoms with Crippen LogP contribution in [0.4, 0.5) is 14.9 Å². The first-order valence-electron chi connectivity index (χ1n) is 5.48. The first kappa shape index (κ1) is 15.4. The number of benzene rings is 1. The molecule has 1 aromatic carbocycles. The van der Waals surface area contributed by atoms with Gasteiger partial charge in [0.05, 0.1) is 17.8 Å². The fourth-order valence-corrected chi connectivity index (χ4v) is 1.34. The van der Waals surface area contributed by atoms with Crippen LogP contribution in [0.2, 0.25) is 0 Å². The number of hydrogen-bond acceptors (Lipinski definition) is 4. The number of carboxylic acids is 1. The summed E-state index contributed by atoms with van der Waals surface area (Å²) in [6.07, 6.45) is -1.18. The molecule has 0 heterocycles. The molecule has 2 amide bonds. The molecule has 8 heteroatoms. The Labute approximate surface area is 114 Å². The van der Waals surface area contributed by atoms with Crippen molar-refractivity contribution in [1.82, 2.24) is 5.32 Å². The Balaban J connectivity index is 2.63. The topological polar surface area (TPSA) is 111 Å². The zero-order chi connectivity index (χ0) is 15.1. The number of carbonyl (C=O) groups is 2. The van der Waals surface area contributed by atoms with Crippen molar-refractivity contribution in [3.05, 3.63) is 29.6 Å². The van der Waals surface area contributed by atoms with Gasteiger partial charge < -0.3 is 20.5 Å². The summed E-state index contributed by atoms with van der Waals surface area (Å²) in [5, 5.41) is 22.1. The lowest BCUT2D eigenvalue weighted by molar-refractivity contribution is -0.147. The van der Waals surface area contributed by atoms with E-state index in [-0.39, 0.29) is 17.8 Å². The second-order valence-electron chi connectivity index (χ2n) is 3.70. The third kappa shape index (κ3) is 4.22. The van der Waals surface area contributed by atoms with Gasteiger partial charge in [0.25, 0.3) is 0 Å². The maximum atomic E-state index is 12.9. The van der Waals surface area contributed by atoms with E-state index < -0.39 is 23.9 Å². The van der Waals surface area contributed by atoms with E-state index >= 15 is 0 Å². The number of hydrogen-bond donors (Lipinski definition) is 3. The van der Waals surface area contributed by atoms with Gasteiger partial charge in [-0.2, -0.15) is 5.26 Å². The number of nitriles is 1. The van der Waals surface area contributed by atoms with E-state index in [0.717, 1.165) is 12.1 Å². The number of aliphatic carboxylic acids is 1. The quantitative estimate of drug-likeness (QED) is 0.743. The average Bonchev–Trinajstić information content (AvgIpc) is 2.41. The van der Waals surface area contributed by atoms with Crippen molar-refractivity contribution in [2.24, 2.45) is 0 Å². The molecule has 0 aromatic heterocycles. The van der Waals surface area contributed by atoms with Gasteiger partial charge in [-0.3, -0.25) is 0 Å². The van der Waals surface area contributed by atoms with Crippen molar-refractivity contribution in [2.75, 3.05) is 19.0 Å². The SMILES string of the molecule is COC(CNC(=O)Nc1ccc(F)cc1C#N)C(=O)O. The van der Waals surface area contributed by atoms with Gasteiger partial charge in [-0.1, -0.05) is 0 Å². The molecular formula is C12H12FN3O4. The monoisotopic (exact) mass is 281 g/mol. The molecule has 0 aliphatic rings. The molecule has 1 unspecified atom stereocenters. The summed E-state index contributed by atoms with van der Waals surface area (Å²) in [5.41, 5.74) is 0.0809. The van der Waals surface area contributed by atoms with Gasteiger partial charge in [0.2, 0.25) is 0 Å². The van der Waals surface area contributed by atoms with Gasteiger partial charge >= 0.3 is 12.0 Å². The number of amides is 2. The van der Waals surface area contributed by atoms with Crippen LogP contribution in [-0.4, -0.2) is 36.9 Å². The minimum atomic E-state index is -1.22. The summed E-state index contributed by atoms with van der Waals surface area (Å²) < 4.78 is 17.5. The number of halogens is 1. The lowest BCUT2D eigenvalue weighted by atomic mass is 10.2. The maximum Gasteiger partial charge on any atom is 0.334 e. The lowest BCUT2D eigenvalue weighted by Gasteiger charge is -2.12. The largest absolute Gasteiger partial charge is 0.479 e. The van der Waals surface area contributed by atoms with Crippen molar-refractivity contribution in [1.29, 1.82) is 5.26 Å². The van der Waals surface area contributed by atoms with E-state index in [1.54, 1.807) is 6.07 Å². The minimum Gasteiger partial charge on any atom is -0.479 e. The Morgan fingerprint density at radius 3 is 2.80 bits per heavy atom. The van der Waals surface area contributed by atoms with Gasteiger partial charge in [-0.05, 0) is 18.2 Å². The number of nitrogens with one attached hydrogen (secondary N) is 2. The summed E-state index contributed by atoms with van der Waals surface area (Å²) in [5.74, 6) is -1.81. The number of anilines is 1. The molecular weight excluding hydrogens is 269 g/mol. The second-order valence-corrected chi connectivity index (χ2v) is 3.70. The van der Waals surface area contributed by atoms with Crippen LogP contribution in [0.1, 0.15) is 5.56 Å². The fraction of sp³-hybridized carbons (Fsp3) is 0.250. The van der Waals surface area contributed by atoms with Crippen LogP contribution in [0.15, 0.2) is 18.2 Å². The Morgan fingerprint density at radius 2 is 2.25 bits per heavy atom. The number of methoxy groups -OCH3 is 1. The lowest BCUT2D eigenvalue weighted by Crippen LogP contribution is -2.39. The molecule has 0 aliphatic carbocycles. The predicted octanol–water partition coefficient (Wildman–Crippen LogP) is 0.918. The van der Waals surface area contributed by atoms with E-state index in [2.05, 4.69) is 15.4 Å². The number of carboxylic acid groups (broad SMARTS) is 1. The molecule has 1 rings (SSSR count). The molecule has 1 aromatic rings. The molecule has 0 saturated heterocycles. The molecule has 106 valence electrons. The van der Waals surface area contributed by atoms with Crippen molar-refractivity contribution in [3.63, 3.8) is 0 Å². The van der Waals surface area contributed by atoms with Crippen molar-refractivity contribution in [3.8, 4) is 6.07 Å². The number of urea groups is 1. The first-order chi connectivity index (χ1) is 9.47. The van der Waals surface area contributed by atoms with Crippen LogP contribution >= 0.6 is 0 Å². The van der Waals surface area contributed by atoms with Crippen LogP contribution in [-0.2, 0) is 9.53 Å². The van der Waals surface area contributed by atoms with Crippen molar-refractivity contribution in [2.45, 2.75) is 6.10 Å². The van der Waals surface area contributed by atoms with Crippen molar-refractivity contribution >= 4 is 17.7 Å². The van der Waals surface area contributed by atoms with Crippen LogP contribution in [0.3, 0.4) is 0 Å². The summed E-state index contributed by atoms with van der Waals surface area (Å²) in [4.78, 5) is 22.2. The fourth-order valence-electron chi connectivity index (χ4n) is 1.34. The molecule has 0 fully saturated rings. The number of ether oxygens (including phenoxy) is 1. The summed E-state index contributed by atoms with van der Waals surface area (Å²) in [6, 6.07) is 4.31. The average molecular weight is 281 g/mol. The van der Waals surface area contributed by atoms with E-state index in [0.29, 0.717) is 0 Å². The Kier molecular flexibility index (Phi) is 5.43. The molecule has 0 radical (unpaired) electrons. The third-order valence-electron chi connectivity index (χ3n) is 2.36. The molecule has 0 spiro atoms. The van der Waals surface area contributed by atoms with Crippen molar-refractivity contribution < 1.29 is 23.8 Å². The number of rotatable bonds is 5. The zero-order valence-corrected chi connectivity index (χ0v) is 10.5. The summed E-state index contributed by atoms with van der Waals surface area (Å²) in [7, 11) is 1.20. The number of carbonyl (C=O) groups excluding carboxylic acids is 1. The Morgan fingerprint density at radius 1 is 1.55 bits per heavy atom. The van der Waals surface area contributed by atoms with Gasteiger partial charge in [-0.15, -0.1) is 0 Å². The highest BCUT2D eigenvalue weighted by molar-refractivity contribution is 5.91. The Bertz CT molecular complexity index is 556. The van der Waals surface area contributed by atoms with Crippen LogP contribution in [0.25, 0.3) is 0 Å². The van der Waals surface area contributed by atoms with Crippen LogP contribution in [0, 0.1) is 17.1 Å². The highest BCUT2D eigenvalue weighted by Crippen LogP contribution is 2.15. The van der Waals surface area contributed by atoms with Crippen LogP contribution in [0.5, 0.6) is 0 Å². The van der Waals surface area contributed by atoms with E-state index in [9.17, 15) is 14.0 Å². The highest BCUT2D eigenvalue weighted by Gasteiger charge is 2.17. The van der Waals surface area contributed by atoms with E-state index in [1.165, 1.54) is 13.2 Å². The molecule has 20 heavy (non-hydrogen) atoms. The summed E-state index contributed by atoms with van der Waals surface area (Å²) in [6.45, 7) is -0.249. The predicted molar refractivity (Wildman–Crippen MR) is 66.6 cm³/mol. The van der Waals surface area contributed by atoms with Crippen LogP contribution < -0.4 is 10.6 Å². The van der Waals surface area contributed by atoms with Gasteiger partial charge in [0, 0.05) is 7.11 Å². The van der Waals surface area contributed by atoms with Gasteiger partial charge in [0.1, 0.15) is 11.9 Å². The second kappa shape index (κ2) is 7.06. The molecule has 0 bridgehead atoms. The maximum absolute atomic E-state index is 12.9. The normalized spacial score (nSPS) is 11.2. The zero-order valence-electron chi connectivity index (χ0n) is 10.5. The molecule has 7 nitrogen and oxygen atoms in total. The first-order valence-corrected chi connectivity index (χ1v) is 5.48. The highest BCUT2D eigenvalue weighted by atomic mass is 19.1. The number of nitrogens with zero attached hydrogens (tertiary/aromatic N) is 1. The standard InChI is InChI=1S/C12H12FN3O4/c1-20-10(11(17)18)6-15-12(19)16-9-3-2-8(13)4-7(9)5-14/h2-4,10H,6H2,1H3,(H,17,18)(H2,15,16,19). The van der Waals surface area contributed by atoms with E-state index in [4.69, 9.17) is 10.4 Å². The van der Waals surface area contributed by atoms with E-state index in [1.807, 2.05) is 0 Å². The molecule has 0 aliphatic heterocycles. The molecule has 0 saturated carbocycles. The molecule has 1 atom stereocenters. The molecule has 3 N–H and O–H groups in total. The smallest absolute Gasteiger partial charge is 0.334 e. The Hall–Kier alpha value is -2.66. The minimum absolute atomic E-state index is 0.0401. The summed E-state index contributed by atoms with van der Waals surface area (Å²) >= 11 is 0. The third-order valence-corrected chi connectivity index (χ3v) is 2.36. The van der Waals surface area contributed by atoms with Gasteiger partial charge in [0.15, 0.2) is 6.10 Å².